The van der Waals surface area contributed by atoms with E-state index in [2.05, 4.69) is 30.8 Å². The number of hydrogen-bond acceptors (Lipinski definition) is 6. The Bertz CT molecular complexity index is 643. The summed E-state index contributed by atoms with van der Waals surface area (Å²) in [5.41, 5.74) is 2.83. The van der Waals surface area contributed by atoms with Gasteiger partial charge in [0.1, 0.15) is 0 Å². The molecule has 7 heteroatoms. The van der Waals surface area contributed by atoms with Crippen molar-refractivity contribution in [2.24, 2.45) is 0 Å². The van der Waals surface area contributed by atoms with Crippen molar-refractivity contribution in [3.8, 4) is 0 Å². The van der Waals surface area contributed by atoms with Gasteiger partial charge in [-0.15, -0.1) is 10.2 Å². The van der Waals surface area contributed by atoms with Crippen LogP contribution in [0.25, 0.3) is 0 Å². The van der Waals surface area contributed by atoms with E-state index in [0.717, 1.165) is 24.2 Å². The first kappa shape index (κ1) is 14.8. The zero-order valence-corrected chi connectivity index (χ0v) is 12.3. The summed E-state index contributed by atoms with van der Waals surface area (Å²) in [5.74, 6) is -0.111. The van der Waals surface area contributed by atoms with Gasteiger partial charge in [-0.1, -0.05) is 13.8 Å². The Balaban J connectivity index is 2.23. The van der Waals surface area contributed by atoms with E-state index in [4.69, 9.17) is 0 Å². The summed E-state index contributed by atoms with van der Waals surface area (Å²) in [4.78, 5) is 20.5. The van der Waals surface area contributed by atoms with E-state index in [1.165, 1.54) is 6.20 Å². The van der Waals surface area contributed by atoms with Crippen molar-refractivity contribution in [2.75, 3.05) is 17.7 Å². The number of rotatable bonds is 5. The van der Waals surface area contributed by atoms with Gasteiger partial charge in [0.2, 0.25) is 5.95 Å². The molecule has 110 valence electrons. The van der Waals surface area contributed by atoms with Crippen molar-refractivity contribution < 1.29 is 4.79 Å². The van der Waals surface area contributed by atoms with E-state index < -0.39 is 0 Å². The Morgan fingerprint density at radius 2 is 1.95 bits per heavy atom. The molecule has 0 aliphatic carbocycles. The lowest BCUT2D eigenvalue weighted by Gasteiger charge is -2.09. The molecule has 2 heterocycles. The normalized spacial score (nSPS) is 10.2. The van der Waals surface area contributed by atoms with E-state index >= 15 is 0 Å². The van der Waals surface area contributed by atoms with Crippen LogP contribution in [0.3, 0.4) is 0 Å². The summed E-state index contributed by atoms with van der Waals surface area (Å²) < 4.78 is 0. The molecule has 1 amide bonds. The number of aryl methyl sites for hydroxylation is 2. The highest BCUT2D eigenvalue weighted by molar-refractivity contribution is 6.06. The molecular weight excluding hydrogens is 268 g/mol. The third-order valence-electron chi connectivity index (χ3n) is 3.07. The lowest BCUT2D eigenvalue weighted by atomic mass is 10.2. The average molecular weight is 286 g/mol. The predicted molar refractivity (Wildman–Crippen MR) is 80.3 cm³/mol. The van der Waals surface area contributed by atoms with E-state index in [9.17, 15) is 4.79 Å². The first-order chi connectivity index (χ1) is 10.2. The number of anilines is 2. The molecule has 0 radical (unpaired) electrons. The molecule has 2 aromatic rings. The Morgan fingerprint density at radius 3 is 2.62 bits per heavy atom. The minimum absolute atomic E-state index is 0.208. The Kier molecular flexibility index (Phi) is 4.76. The number of pyridine rings is 1. The summed E-state index contributed by atoms with van der Waals surface area (Å²) in [6.45, 7) is 3.99. The Hall–Kier alpha value is -2.57. The summed E-state index contributed by atoms with van der Waals surface area (Å²) in [5, 5.41) is 13.6. The molecule has 0 aromatic carbocycles. The van der Waals surface area contributed by atoms with E-state index in [1.54, 1.807) is 19.3 Å². The van der Waals surface area contributed by atoms with Gasteiger partial charge in [-0.25, -0.2) is 4.98 Å². The Labute approximate surface area is 123 Å². The van der Waals surface area contributed by atoms with E-state index in [-0.39, 0.29) is 11.9 Å². The van der Waals surface area contributed by atoms with E-state index in [0.29, 0.717) is 11.3 Å². The van der Waals surface area contributed by atoms with Crippen LogP contribution in [0.2, 0.25) is 0 Å². The first-order valence-electron chi connectivity index (χ1n) is 6.85. The molecule has 0 aliphatic rings. The van der Waals surface area contributed by atoms with Crippen LogP contribution in [-0.4, -0.2) is 33.1 Å². The second-order valence-corrected chi connectivity index (χ2v) is 4.36. The summed E-state index contributed by atoms with van der Waals surface area (Å²) in [6.07, 6.45) is 4.63. The average Bonchev–Trinajstić information content (AvgIpc) is 2.54. The fourth-order valence-corrected chi connectivity index (χ4v) is 1.95. The minimum Gasteiger partial charge on any atom is -0.387 e. The lowest BCUT2D eigenvalue weighted by molar-refractivity contribution is 0.102. The number of nitrogens with one attached hydrogen (secondary N) is 2. The predicted octanol–water partition coefficient (Wildman–Crippen LogP) is 1.69. The SMILES string of the molecule is CCc1nnc(NC(=O)c2cnccc2NC)nc1CC. The smallest absolute Gasteiger partial charge is 0.261 e. The van der Waals surface area contributed by atoms with Crippen molar-refractivity contribution in [1.82, 2.24) is 20.2 Å². The topological polar surface area (TPSA) is 92.7 Å². The van der Waals surface area contributed by atoms with Crippen molar-refractivity contribution in [3.05, 3.63) is 35.4 Å². The van der Waals surface area contributed by atoms with Gasteiger partial charge < -0.3 is 5.32 Å². The molecule has 0 spiro atoms. The van der Waals surface area contributed by atoms with Crippen LogP contribution >= 0.6 is 0 Å². The fraction of sp³-hybridized carbons (Fsp3) is 0.357. The van der Waals surface area contributed by atoms with Crippen LogP contribution in [0.1, 0.15) is 35.6 Å². The minimum atomic E-state index is -0.319. The molecular formula is C14H18N6O. The molecule has 0 atom stereocenters. The molecule has 0 bridgehead atoms. The molecule has 2 aromatic heterocycles. The zero-order chi connectivity index (χ0) is 15.2. The lowest BCUT2D eigenvalue weighted by Crippen LogP contribution is -2.18. The number of carbonyl (C=O) groups is 1. The maximum absolute atomic E-state index is 12.2. The van der Waals surface area contributed by atoms with Crippen LogP contribution in [0.15, 0.2) is 18.5 Å². The van der Waals surface area contributed by atoms with Gasteiger partial charge in [0.25, 0.3) is 5.91 Å². The monoisotopic (exact) mass is 286 g/mol. The highest BCUT2D eigenvalue weighted by atomic mass is 16.1. The summed E-state index contributed by atoms with van der Waals surface area (Å²) in [6, 6.07) is 1.73. The van der Waals surface area contributed by atoms with Crippen LogP contribution < -0.4 is 10.6 Å². The zero-order valence-electron chi connectivity index (χ0n) is 12.3. The van der Waals surface area contributed by atoms with Crippen LogP contribution in [0, 0.1) is 0 Å². The van der Waals surface area contributed by atoms with Gasteiger partial charge in [-0.3, -0.25) is 15.1 Å². The number of aromatic nitrogens is 4. The van der Waals surface area contributed by atoms with Gasteiger partial charge in [-0.05, 0) is 18.9 Å². The highest BCUT2D eigenvalue weighted by Gasteiger charge is 2.14. The highest BCUT2D eigenvalue weighted by Crippen LogP contribution is 2.14. The molecule has 0 saturated carbocycles. The molecule has 0 unspecified atom stereocenters. The van der Waals surface area contributed by atoms with Gasteiger partial charge in [-0.2, -0.15) is 0 Å². The van der Waals surface area contributed by atoms with Crippen molar-refractivity contribution in [3.63, 3.8) is 0 Å². The third kappa shape index (κ3) is 3.31. The van der Waals surface area contributed by atoms with Crippen LogP contribution in [-0.2, 0) is 12.8 Å². The Morgan fingerprint density at radius 1 is 1.19 bits per heavy atom. The maximum Gasteiger partial charge on any atom is 0.261 e. The molecule has 21 heavy (non-hydrogen) atoms. The fourth-order valence-electron chi connectivity index (χ4n) is 1.95. The largest absolute Gasteiger partial charge is 0.387 e. The van der Waals surface area contributed by atoms with Gasteiger partial charge >= 0.3 is 0 Å². The third-order valence-corrected chi connectivity index (χ3v) is 3.07. The molecule has 0 aliphatic heterocycles. The van der Waals surface area contributed by atoms with Crippen molar-refractivity contribution in [2.45, 2.75) is 26.7 Å². The molecule has 2 rings (SSSR count). The standard InChI is InChI=1S/C14H18N6O/c1-4-10-11(5-2)19-20-14(17-10)18-13(21)9-8-16-7-6-12(9)15-3/h6-8H,4-5H2,1-3H3,(H,15,16)(H,17,18,20,21). The van der Waals surface area contributed by atoms with Crippen molar-refractivity contribution in [1.29, 1.82) is 0 Å². The molecule has 0 saturated heterocycles. The first-order valence-corrected chi connectivity index (χ1v) is 6.85. The van der Waals surface area contributed by atoms with Gasteiger partial charge in [0, 0.05) is 25.1 Å². The van der Waals surface area contributed by atoms with Crippen LogP contribution in [0.5, 0.6) is 0 Å². The van der Waals surface area contributed by atoms with Crippen molar-refractivity contribution >= 4 is 17.5 Å². The number of nitrogens with zero attached hydrogens (tertiary/aromatic N) is 4. The number of carbonyl (C=O) groups excluding carboxylic acids is 1. The quantitative estimate of drug-likeness (QED) is 0.868. The maximum atomic E-state index is 12.2. The summed E-state index contributed by atoms with van der Waals surface area (Å²) >= 11 is 0. The van der Waals surface area contributed by atoms with E-state index in [1.807, 2.05) is 13.8 Å². The molecule has 2 N–H and O–H groups in total. The van der Waals surface area contributed by atoms with Crippen LogP contribution in [0.4, 0.5) is 11.6 Å². The van der Waals surface area contributed by atoms with Gasteiger partial charge in [0.15, 0.2) is 0 Å². The molecule has 0 fully saturated rings. The second-order valence-electron chi connectivity index (χ2n) is 4.36. The second kappa shape index (κ2) is 6.74. The molecule has 7 nitrogen and oxygen atoms in total. The summed E-state index contributed by atoms with van der Waals surface area (Å²) in [7, 11) is 1.75. The number of amides is 1. The van der Waals surface area contributed by atoms with Gasteiger partial charge in [0.05, 0.1) is 17.0 Å². The number of hydrogen-bond donors (Lipinski definition) is 2.